The largest absolute Gasteiger partial charge is 0.386 e. The fraction of sp³-hybridized carbons (Fsp3) is 0.462. The van der Waals surface area contributed by atoms with Crippen LogP contribution in [0.2, 0.25) is 0 Å². The van der Waals surface area contributed by atoms with Crippen molar-refractivity contribution in [3.63, 3.8) is 0 Å². The second-order valence-corrected chi connectivity index (χ2v) is 6.85. The lowest BCUT2D eigenvalue weighted by Gasteiger charge is -2.22. The number of alkyl halides is 1. The van der Waals surface area contributed by atoms with Crippen molar-refractivity contribution >= 4 is 15.7 Å². The van der Waals surface area contributed by atoms with Crippen LogP contribution in [0.15, 0.2) is 34.3 Å². The zero-order valence-corrected chi connectivity index (χ0v) is 12.9. The first-order valence-electron chi connectivity index (χ1n) is 6.37. The van der Waals surface area contributed by atoms with Crippen LogP contribution in [0.25, 0.3) is 0 Å². The number of carbonyl (C=O) groups is 1. The Morgan fingerprint density at radius 2 is 1.91 bits per heavy atom. The van der Waals surface area contributed by atoms with E-state index in [4.69, 9.17) is 0 Å². The van der Waals surface area contributed by atoms with Gasteiger partial charge < -0.3 is 10.4 Å². The second kappa shape index (κ2) is 7.41. The number of aliphatic hydroxyl groups is 1. The Labute approximate surface area is 127 Å². The van der Waals surface area contributed by atoms with Gasteiger partial charge in [-0.3, -0.25) is 4.79 Å². The zero-order valence-electron chi connectivity index (χ0n) is 12.1. The molecule has 0 saturated carbocycles. The van der Waals surface area contributed by atoms with Crippen LogP contribution in [0.5, 0.6) is 0 Å². The van der Waals surface area contributed by atoms with Crippen LogP contribution in [0.3, 0.4) is 0 Å². The number of hydrogen-bond acceptors (Lipinski definition) is 6. The lowest BCUT2D eigenvalue weighted by Crippen LogP contribution is -2.44. The minimum atomic E-state index is -3.38. The molecule has 1 aromatic carbocycles. The monoisotopic (exact) mass is 332 g/mol. The Balaban J connectivity index is 2.90. The first kappa shape index (κ1) is 18.2. The summed E-state index contributed by atoms with van der Waals surface area (Å²) in [6, 6.07) is 2.75. The average Bonchev–Trinajstić information content (AvgIpc) is 2.50. The number of benzene rings is 1. The van der Waals surface area contributed by atoms with Crippen LogP contribution >= 0.6 is 0 Å². The fourth-order valence-electron chi connectivity index (χ4n) is 1.70. The summed E-state index contributed by atoms with van der Waals surface area (Å²) in [4.78, 5) is 21.8. The van der Waals surface area contributed by atoms with Crippen molar-refractivity contribution in [2.75, 3.05) is 12.9 Å². The highest BCUT2D eigenvalue weighted by Gasteiger charge is 2.25. The van der Waals surface area contributed by atoms with E-state index in [0.29, 0.717) is 0 Å². The van der Waals surface area contributed by atoms with E-state index in [-0.39, 0.29) is 10.5 Å². The Hall–Kier alpha value is -1.87. The summed E-state index contributed by atoms with van der Waals surface area (Å²) in [6.45, 7) is 0.178. The maximum atomic E-state index is 13.0. The van der Waals surface area contributed by atoms with Crippen molar-refractivity contribution in [3.8, 4) is 0 Å². The highest BCUT2D eigenvalue weighted by Crippen LogP contribution is 2.20. The lowest BCUT2D eigenvalue weighted by atomic mass is 10.0. The predicted octanol–water partition coefficient (Wildman–Crippen LogP) is 0.733. The molecule has 0 aromatic heterocycles. The molecule has 3 unspecified atom stereocenters. The van der Waals surface area contributed by atoms with E-state index in [0.717, 1.165) is 6.26 Å². The van der Waals surface area contributed by atoms with Gasteiger partial charge in [0.05, 0.1) is 10.9 Å². The molecule has 0 spiro atoms. The number of aliphatic hydroxyl groups excluding tert-OH is 1. The second-order valence-electron chi connectivity index (χ2n) is 4.84. The zero-order chi connectivity index (χ0) is 16.9. The molecule has 7 nitrogen and oxygen atoms in total. The normalized spacial score (nSPS) is 15.6. The molecular formula is C13H17FN2O5S. The third-order valence-electron chi connectivity index (χ3n) is 3.06. The molecule has 3 atom stereocenters. The van der Waals surface area contributed by atoms with E-state index >= 15 is 0 Å². The molecule has 0 saturated heterocycles. The van der Waals surface area contributed by atoms with Crippen molar-refractivity contribution in [1.29, 1.82) is 0 Å². The highest BCUT2D eigenvalue weighted by atomic mass is 32.2. The van der Waals surface area contributed by atoms with E-state index in [1.807, 2.05) is 0 Å². The third-order valence-corrected chi connectivity index (χ3v) is 4.19. The van der Waals surface area contributed by atoms with Crippen molar-refractivity contribution < 1.29 is 22.7 Å². The van der Waals surface area contributed by atoms with Gasteiger partial charge in [-0.1, -0.05) is 17.3 Å². The number of carbonyl (C=O) groups excluding carboxylic acids is 1. The van der Waals surface area contributed by atoms with Gasteiger partial charge in [0.1, 0.15) is 12.8 Å². The number of halogens is 1. The SMILES string of the molecule is CC(N=O)C(=O)NC(CF)C(O)c1ccc(S(C)(=O)=O)cc1. The van der Waals surface area contributed by atoms with Crippen molar-refractivity contribution in [2.45, 2.75) is 30.0 Å². The average molecular weight is 332 g/mol. The maximum Gasteiger partial charge on any atom is 0.248 e. The van der Waals surface area contributed by atoms with Gasteiger partial charge in [-0.25, -0.2) is 12.8 Å². The molecule has 0 aliphatic rings. The van der Waals surface area contributed by atoms with Gasteiger partial charge in [0.25, 0.3) is 0 Å². The molecule has 122 valence electrons. The van der Waals surface area contributed by atoms with Gasteiger partial charge in [-0.15, -0.1) is 4.91 Å². The smallest absolute Gasteiger partial charge is 0.248 e. The minimum absolute atomic E-state index is 0.0584. The predicted molar refractivity (Wildman–Crippen MR) is 77.7 cm³/mol. The molecule has 0 aliphatic carbocycles. The van der Waals surface area contributed by atoms with E-state index in [1.165, 1.54) is 31.2 Å². The molecule has 9 heteroatoms. The molecule has 22 heavy (non-hydrogen) atoms. The molecule has 0 radical (unpaired) electrons. The molecule has 0 bridgehead atoms. The van der Waals surface area contributed by atoms with Gasteiger partial charge in [-0.05, 0) is 24.6 Å². The molecule has 2 N–H and O–H groups in total. The van der Waals surface area contributed by atoms with Crippen LogP contribution in [-0.2, 0) is 14.6 Å². The summed E-state index contributed by atoms with van der Waals surface area (Å²) >= 11 is 0. The Morgan fingerprint density at radius 3 is 2.32 bits per heavy atom. The number of nitrogens with zero attached hydrogens (tertiary/aromatic N) is 1. The van der Waals surface area contributed by atoms with Gasteiger partial charge >= 0.3 is 0 Å². The van der Waals surface area contributed by atoms with E-state index in [1.54, 1.807) is 0 Å². The Bertz CT molecular complexity index is 632. The van der Waals surface area contributed by atoms with Crippen molar-refractivity contribution in [2.24, 2.45) is 5.18 Å². The number of hydrogen-bond donors (Lipinski definition) is 2. The van der Waals surface area contributed by atoms with Crippen LogP contribution in [-0.4, -0.2) is 44.4 Å². The number of sulfone groups is 1. The maximum absolute atomic E-state index is 13.0. The number of nitrogens with one attached hydrogen (secondary N) is 1. The summed E-state index contributed by atoms with van der Waals surface area (Å²) in [6.07, 6.45) is -0.349. The van der Waals surface area contributed by atoms with Crippen molar-refractivity contribution in [1.82, 2.24) is 5.32 Å². The first-order chi connectivity index (χ1) is 10.2. The van der Waals surface area contributed by atoms with Gasteiger partial charge in [-0.2, -0.15) is 0 Å². The molecule has 1 aromatic rings. The first-order valence-corrected chi connectivity index (χ1v) is 8.26. The number of rotatable bonds is 7. The molecular weight excluding hydrogens is 315 g/mol. The standard InChI is InChI=1S/C13H17FN2O5S/c1-8(16-19)13(18)15-11(7-14)12(17)9-3-5-10(6-4-9)22(2,20)21/h3-6,8,11-12,17H,7H2,1-2H3,(H,15,18). The van der Waals surface area contributed by atoms with Crippen LogP contribution in [0, 0.1) is 4.91 Å². The summed E-state index contributed by atoms with van der Waals surface area (Å²) in [5, 5.41) is 14.8. The van der Waals surface area contributed by atoms with E-state index in [2.05, 4.69) is 10.5 Å². The van der Waals surface area contributed by atoms with Crippen molar-refractivity contribution in [3.05, 3.63) is 34.7 Å². The third kappa shape index (κ3) is 4.57. The molecule has 0 fully saturated rings. The lowest BCUT2D eigenvalue weighted by molar-refractivity contribution is -0.123. The van der Waals surface area contributed by atoms with Crippen LogP contribution in [0.1, 0.15) is 18.6 Å². The Morgan fingerprint density at radius 1 is 1.36 bits per heavy atom. The molecule has 1 amide bonds. The molecule has 0 heterocycles. The molecule has 0 aliphatic heterocycles. The number of nitroso groups, excluding NO2 is 1. The fourth-order valence-corrected chi connectivity index (χ4v) is 2.33. The summed E-state index contributed by atoms with van der Waals surface area (Å²) < 4.78 is 35.7. The van der Waals surface area contributed by atoms with E-state index in [9.17, 15) is 27.6 Å². The van der Waals surface area contributed by atoms with Crippen LogP contribution in [0.4, 0.5) is 4.39 Å². The minimum Gasteiger partial charge on any atom is -0.386 e. The van der Waals surface area contributed by atoms with E-state index < -0.39 is 40.6 Å². The highest BCUT2D eigenvalue weighted by molar-refractivity contribution is 7.90. The van der Waals surface area contributed by atoms with Gasteiger partial charge in [0.15, 0.2) is 15.9 Å². The summed E-state index contributed by atoms with van der Waals surface area (Å²) in [7, 11) is -3.38. The van der Waals surface area contributed by atoms with Gasteiger partial charge in [0.2, 0.25) is 5.91 Å². The summed E-state index contributed by atoms with van der Waals surface area (Å²) in [5.41, 5.74) is 0.238. The summed E-state index contributed by atoms with van der Waals surface area (Å²) in [5.74, 6) is -0.801. The Kier molecular flexibility index (Phi) is 6.12. The topological polar surface area (TPSA) is 113 Å². The quantitative estimate of drug-likeness (QED) is 0.715. The molecule has 1 rings (SSSR count). The van der Waals surface area contributed by atoms with Crippen LogP contribution < -0.4 is 5.32 Å². The van der Waals surface area contributed by atoms with Gasteiger partial charge in [0, 0.05) is 6.26 Å². The number of amides is 1.